The van der Waals surface area contributed by atoms with E-state index in [0.717, 1.165) is 24.9 Å². The minimum atomic E-state index is 0.441. The van der Waals surface area contributed by atoms with Gasteiger partial charge in [-0.2, -0.15) is 0 Å². The van der Waals surface area contributed by atoms with Crippen LogP contribution in [0.4, 0.5) is 5.69 Å². The van der Waals surface area contributed by atoms with E-state index in [-0.39, 0.29) is 0 Å². The molecule has 0 radical (unpaired) electrons. The Kier molecular flexibility index (Phi) is 3.53. The lowest BCUT2D eigenvalue weighted by Crippen LogP contribution is -2.43. The first-order valence-electron chi connectivity index (χ1n) is 7.77. The van der Waals surface area contributed by atoms with Crippen LogP contribution in [0.2, 0.25) is 0 Å². The zero-order valence-electron chi connectivity index (χ0n) is 12.2. The van der Waals surface area contributed by atoms with Gasteiger partial charge in [0.25, 0.3) is 0 Å². The topological polar surface area (TPSA) is 29.3 Å². The summed E-state index contributed by atoms with van der Waals surface area (Å²) in [5.74, 6) is 2.40. The summed E-state index contributed by atoms with van der Waals surface area (Å²) in [6.07, 6.45) is 4.17. The fraction of sp³-hybridized carbons (Fsp3) is 0.647. The van der Waals surface area contributed by atoms with E-state index < -0.39 is 0 Å². The first kappa shape index (κ1) is 13.0. The standard InChI is InChI=1S/C17H26N2/c1-3-19(16-7-5-4-6-12(16)2)11-15-13-8-9-14(10-13)17(15)18/h4-7,13-15,17H,3,8-11,18H2,1-2H3. The highest BCUT2D eigenvalue weighted by Crippen LogP contribution is 2.48. The van der Waals surface area contributed by atoms with Crippen molar-refractivity contribution < 1.29 is 0 Å². The first-order chi connectivity index (χ1) is 9.20. The molecule has 2 N–H and O–H groups in total. The highest BCUT2D eigenvalue weighted by molar-refractivity contribution is 5.53. The summed E-state index contributed by atoms with van der Waals surface area (Å²) in [7, 11) is 0. The Bertz CT molecular complexity index is 441. The SMILES string of the molecule is CCN(CC1C2CCC(C2)C1N)c1ccccc1C. The minimum Gasteiger partial charge on any atom is -0.371 e. The molecule has 0 saturated heterocycles. The van der Waals surface area contributed by atoms with Crippen molar-refractivity contribution in [3.05, 3.63) is 29.8 Å². The molecule has 1 aromatic rings. The van der Waals surface area contributed by atoms with Crippen LogP contribution in [-0.4, -0.2) is 19.1 Å². The van der Waals surface area contributed by atoms with E-state index in [0.29, 0.717) is 12.0 Å². The van der Waals surface area contributed by atoms with Crippen LogP contribution >= 0.6 is 0 Å². The van der Waals surface area contributed by atoms with E-state index in [2.05, 4.69) is 43.0 Å². The summed E-state index contributed by atoms with van der Waals surface area (Å²) in [5.41, 5.74) is 9.22. The van der Waals surface area contributed by atoms with Crippen molar-refractivity contribution in [2.24, 2.45) is 23.5 Å². The average molecular weight is 258 g/mol. The van der Waals surface area contributed by atoms with Crippen molar-refractivity contribution in [3.63, 3.8) is 0 Å². The van der Waals surface area contributed by atoms with Gasteiger partial charge in [-0.1, -0.05) is 18.2 Å². The molecule has 19 heavy (non-hydrogen) atoms. The van der Waals surface area contributed by atoms with E-state index in [1.165, 1.54) is 30.5 Å². The molecule has 3 rings (SSSR count). The van der Waals surface area contributed by atoms with Gasteiger partial charge < -0.3 is 10.6 Å². The predicted molar refractivity (Wildman–Crippen MR) is 81.4 cm³/mol. The van der Waals surface area contributed by atoms with Crippen molar-refractivity contribution in [1.29, 1.82) is 0 Å². The van der Waals surface area contributed by atoms with Crippen LogP contribution in [0, 0.1) is 24.7 Å². The van der Waals surface area contributed by atoms with Crippen LogP contribution in [-0.2, 0) is 0 Å². The van der Waals surface area contributed by atoms with E-state index >= 15 is 0 Å². The molecule has 104 valence electrons. The number of para-hydroxylation sites is 1. The summed E-state index contributed by atoms with van der Waals surface area (Å²) in [6, 6.07) is 9.16. The van der Waals surface area contributed by atoms with Gasteiger partial charge in [-0.3, -0.25) is 0 Å². The number of fused-ring (bicyclic) bond motifs is 2. The fourth-order valence-corrected chi connectivity index (χ4v) is 4.30. The molecule has 2 bridgehead atoms. The number of aryl methyl sites for hydroxylation is 1. The lowest BCUT2D eigenvalue weighted by atomic mass is 9.84. The number of nitrogens with zero attached hydrogens (tertiary/aromatic N) is 1. The molecule has 2 saturated carbocycles. The molecule has 2 aliphatic carbocycles. The monoisotopic (exact) mass is 258 g/mol. The molecule has 2 nitrogen and oxygen atoms in total. The Morgan fingerprint density at radius 2 is 1.95 bits per heavy atom. The van der Waals surface area contributed by atoms with Gasteiger partial charge in [-0.25, -0.2) is 0 Å². The Morgan fingerprint density at radius 3 is 2.58 bits per heavy atom. The molecule has 1 aromatic carbocycles. The summed E-state index contributed by atoms with van der Waals surface area (Å²) < 4.78 is 0. The normalized spacial score (nSPS) is 32.8. The Hall–Kier alpha value is -1.02. The van der Waals surface area contributed by atoms with Crippen LogP contribution in [0.5, 0.6) is 0 Å². The molecule has 0 aliphatic heterocycles. The molecule has 0 aromatic heterocycles. The zero-order chi connectivity index (χ0) is 13.4. The maximum absolute atomic E-state index is 6.46. The summed E-state index contributed by atoms with van der Waals surface area (Å²) in [4.78, 5) is 2.53. The summed E-state index contributed by atoms with van der Waals surface area (Å²) in [5, 5.41) is 0. The molecule has 2 fully saturated rings. The second-order valence-corrected chi connectivity index (χ2v) is 6.40. The van der Waals surface area contributed by atoms with Gasteiger partial charge in [0.05, 0.1) is 0 Å². The minimum absolute atomic E-state index is 0.441. The molecular formula is C17H26N2. The van der Waals surface area contributed by atoms with Crippen molar-refractivity contribution in [2.75, 3.05) is 18.0 Å². The molecule has 4 unspecified atom stereocenters. The van der Waals surface area contributed by atoms with E-state index in [1.54, 1.807) is 0 Å². The number of hydrogen-bond donors (Lipinski definition) is 1. The van der Waals surface area contributed by atoms with Crippen LogP contribution in [0.3, 0.4) is 0 Å². The van der Waals surface area contributed by atoms with Crippen LogP contribution in [0.15, 0.2) is 24.3 Å². The third-order valence-electron chi connectivity index (χ3n) is 5.43. The highest BCUT2D eigenvalue weighted by atomic mass is 15.1. The molecule has 0 spiro atoms. The maximum Gasteiger partial charge on any atom is 0.0395 e. The van der Waals surface area contributed by atoms with E-state index in [9.17, 15) is 0 Å². The second kappa shape index (κ2) is 5.16. The summed E-state index contributed by atoms with van der Waals surface area (Å²) >= 11 is 0. The number of benzene rings is 1. The van der Waals surface area contributed by atoms with Gasteiger partial charge in [0.1, 0.15) is 0 Å². The molecule has 2 heteroatoms. The quantitative estimate of drug-likeness (QED) is 0.898. The molecule has 0 heterocycles. The third-order valence-corrected chi connectivity index (χ3v) is 5.43. The molecule has 0 amide bonds. The fourth-order valence-electron chi connectivity index (χ4n) is 4.30. The van der Waals surface area contributed by atoms with Crippen LogP contribution in [0.25, 0.3) is 0 Å². The Balaban J connectivity index is 1.76. The van der Waals surface area contributed by atoms with E-state index in [1.807, 2.05) is 0 Å². The van der Waals surface area contributed by atoms with Crippen LogP contribution < -0.4 is 10.6 Å². The van der Waals surface area contributed by atoms with Crippen molar-refractivity contribution in [2.45, 2.75) is 39.2 Å². The van der Waals surface area contributed by atoms with Gasteiger partial charge in [0.15, 0.2) is 0 Å². The Labute approximate surface area is 117 Å². The van der Waals surface area contributed by atoms with Crippen molar-refractivity contribution in [3.8, 4) is 0 Å². The lowest BCUT2D eigenvalue weighted by molar-refractivity contribution is 0.291. The third kappa shape index (κ3) is 2.27. The maximum atomic E-state index is 6.46. The van der Waals surface area contributed by atoms with Gasteiger partial charge in [0, 0.05) is 24.8 Å². The highest BCUT2D eigenvalue weighted by Gasteiger charge is 2.45. The predicted octanol–water partition coefficient (Wildman–Crippen LogP) is 3.19. The first-order valence-corrected chi connectivity index (χ1v) is 7.77. The molecule has 4 atom stereocenters. The number of nitrogens with two attached hydrogens (primary N) is 1. The average Bonchev–Trinajstić information content (AvgIpc) is 2.99. The second-order valence-electron chi connectivity index (χ2n) is 6.40. The van der Waals surface area contributed by atoms with E-state index in [4.69, 9.17) is 5.73 Å². The molecular weight excluding hydrogens is 232 g/mol. The summed E-state index contributed by atoms with van der Waals surface area (Å²) in [6.45, 7) is 6.68. The number of rotatable bonds is 4. The van der Waals surface area contributed by atoms with Crippen molar-refractivity contribution >= 4 is 5.69 Å². The molecule has 2 aliphatic rings. The number of hydrogen-bond acceptors (Lipinski definition) is 2. The Morgan fingerprint density at radius 1 is 1.21 bits per heavy atom. The van der Waals surface area contributed by atoms with Gasteiger partial charge in [-0.15, -0.1) is 0 Å². The van der Waals surface area contributed by atoms with Gasteiger partial charge in [-0.05, 0) is 62.5 Å². The smallest absolute Gasteiger partial charge is 0.0395 e. The zero-order valence-corrected chi connectivity index (χ0v) is 12.2. The lowest BCUT2D eigenvalue weighted by Gasteiger charge is -2.34. The van der Waals surface area contributed by atoms with Gasteiger partial charge in [0.2, 0.25) is 0 Å². The number of anilines is 1. The van der Waals surface area contributed by atoms with Crippen molar-refractivity contribution in [1.82, 2.24) is 0 Å². The van der Waals surface area contributed by atoms with Gasteiger partial charge >= 0.3 is 0 Å². The largest absolute Gasteiger partial charge is 0.371 e. The van der Waals surface area contributed by atoms with Crippen LogP contribution in [0.1, 0.15) is 31.7 Å².